The molecule has 1 nitrogen and oxygen atoms in total. The molecular formula is C18H22O. The highest BCUT2D eigenvalue weighted by Crippen LogP contribution is 2.28. The molecule has 0 heterocycles. The number of hydrogen-bond acceptors (Lipinski definition) is 1. The molecule has 19 heavy (non-hydrogen) atoms. The number of benzene rings is 2. The lowest BCUT2D eigenvalue weighted by atomic mass is 9.92. The summed E-state index contributed by atoms with van der Waals surface area (Å²) in [5.41, 5.74) is 3.84. The van der Waals surface area contributed by atoms with E-state index < -0.39 is 5.60 Å². The Hall–Kier alpha value is -1.60. The van der Waals surface area contributed by atoms with Gasteiger partial charge in [0.15, 0.2) is 0 Å². The standard InChI is InChI=1S/C18H22O/c1-13(2)14-7-5-8-15(11-14)16-9-6-10-17(12-16)18(3,4)19/h5-13,19H,1-4H3. The first-order chi connectivity index (χ1) is 8.88. The van der Waals surface area contributed by atoms with Gasteiger partial charge in [-0.05, 0) is 48.1 Å². The molecule has 0 saturated heterocycles. The Balaban J connectivity index is 2.45. The minimum atomic E-state index is -0.800. The second-order valence-electron chi connectivity index (χ2n) is 5.92. The van der Waals surface area contributed by atoms with Crippen molar-refractivity contribution < 1.29 is 5.11 Å². The number of hydrogen-bond donors (Lipinski definition) is 1. The van der Waals surface area contributed by atoms with Crippen LogP contribution in [0.4, 0.5) is 0 Å². The first-order valence-electron chi connectivity index (χ1n) is 6.81. The van der Waals surface area contributed by atoms with Crippen molar-refractivity contribution in [3.05, 3.63) is 59.7 Å². The van der Waals surface area contributed by atoms with Crippen LogP contribution in [0.1, 0.15) is 44.7 Å². The molecule has 1 heteroatoms. The van der Waals surface area contributed by atoms with E-state index in [9.17, 15) is 5.11 Å². The molecule has 2 aromatic carbocycles. The summed E-state index contributed by atoms with van der Waals surface area (Å²) in [7, 11) is 0. The van der Waals surface area contributed by atoms with Gasteiger partial charge in [0.2, 0.25) is 0 Å². The zero-order valence-corrected chi connectivity index (χ0v) is 12.1. The molecule has 0 amide bonds. The molecular weight excluding hydrogens is 232 g/mol. The highest BCUT2D eigenvalue weighted by molar-refractivity contribution is 5.65. The van der Waals surface area contributed by atoms with Crippen LogP contribution in [0, 0.1) is 0 Å². The maximum absolute atomic E-state index is 10.1. The van der Waals surface area contributed by atoms with E-state index >= 15 is 0 Å². The molecule has 0 saturated carbocycles. The van der Waals surface area contributed by atoms with Crippen LogP contribution in [-0.4, -0.2) is 5.11 Å². The summed E-state index contributed by atoms with van der Waals surface area (Å²) in [6.45, 7) is 8.03. The summed E-state index contributed by atoms with van der Waals surface area (Å²) in [6, 6.07) is 16.7. The fourth-order valence-corrected chi connectivity index (χ4v) is 2.16. The van der Waals surface area contributed by atoms with Crippen LogP contribution >= 0.6 is 0 Å². The zero-order chi connectivity index (χ0) is 14.0. The molecule has 0 aliphatic rings. The van der Waals surface area contributed by atoms with Crippen LogP contribution in [-0.2, 0) is 5.60 Å². The fraction of sp³-hybridized carbons (Fsp3) is 0.333. The van der Waals surface area contributed by atoms with E-state index in [1.54, 1.807) is 0 Å². The third-order valence-electron chi connectivity index (χ3n) is 3.46. The maximum Gasteiger partial charge on any atom is 0.0840 e. The van der Waals surface area contributed by atoms with Gasteiger partial charge in [0.1, 0.15) is 0 Å². The van der Waals surface area contributed by atoms with E-state index in [1.165, 1.54) is 11.1 Å². The summed E-state index contributed by atoms with van der Waals surface area (Å²) < 4.78 is 0. The summed E-state index contributed by atoms with van der Waals surface area (Å²) >= 11 is 0. The molecule has 0 radical (unpaired) electrons. The highest BCUT2D eigenvalue weighted by Gasteiger charge is 2.16. The summed E-state index contributed by atoms with van der Waals surface area (Å²) in [5, 5.41) is 10.1. The predicted octanol–water partition coefficient (Wildman–Crippen LogP) is 4.70. The molecule has 2 rings (SSSR count). The van der Waals surface area contributed by atoms with E-state index in [0.717, 1.165) is 11.1 Å². The van der Waals surface area contributed by atoms with Crippen molar-refractivity contribution in [3.8, 4) is 11.1 Å². The van der Waals surface area contributed by atoms with E-state index in [1.807, 2.05) is 26.0 Å². The van der Waals surface area contributed by atoms with Crippen LogP contribution in [0.25, 0.3) is 11.1 Å². The Kier molecular flexibility index (Phi) is 3.77. The quantitative estimate of drug-likeness (QED) is 0.841. The third kappa shape index (κ3) is 3.24. The maximum atomic E-state index is 10.1. The van der Waals surface area contributed by atoms with Crippen LogP contribution in [0.15, 0.2) is 48.5 Å². The van der Waals surface area contributed by atoms with Gasteiger partial charge in [-0.15, -0.1) is 0 Å². The molecule has 0 unspecified atom stereocenters. The minimum Gasteiger partial charge on any atom is -0.386 e. The Labute approximate surface area is 115 Å². The molecule has 0 spiro atoms. The Morgan fingerprint density at radius 1 is 0.895 bits per heavy atom. The number of rotatable bonds is 3. The van der Waals surface area contributed by atoms with Gasteiger partial charge in [-0.2, -0.15) is 0 Å². The molecule has 0 atom stereocenters. The second kappa shape index (κ2) is 5.18. The molecule has 0 aliphatic carbocycles. The Morgan fingerprint density at radius 3 is 2.05 bits per heavy atom. The smallest absolute Gasteiger partial charge is 0.0840 e. The predicted molar refractivity (Wildman–Crippen MR) is 81.2 cm³/mol. The monoisotopic (exact) mass is 254 g/mol. The van der Waals surface area contributed by atoms with Crippen molar-refractivity contribution in [2.75, 3.05) is 0 Å². The van der Waals surface area contributed by atoms with Gasteiger partial charge in [-0.25, -0.2) is 0 Å². The van der Waals surface area contributed by atoms with Gasteiger partial charge >= 0.3 is 0 Å². The van der Waals surface area contributed by atoms with Gasteiger partial charge in [-0.1, -0.05) is 56.3 Å². The minimum absolute atomic E-state index is 0.525. The largest absolute Gasteiger partial charge is 0.386 e. The fourth-order valence-electron chi connectivity index (χ4n) is 2.16. The van der Waals surface area contributed by atoms with Crippen molar-refractivity contribution >= 4 is 0 Å². The summed E-state index contributed by atoms with van der Waals surface area (Å²) in [4.78, 5) is 0. The van der Waals surface area contributed by atoms with Crippen LogP contribution in [0.3, 0.4) is 0 Å². The molecule has 100 valence electrons. The normalized spacial score (nSPS) is 11.9. The van der Waals surface area contributed by atoms with Gasteiger partial charge in [-0.3, -0.25) is 0 Å². The van der Waals surface area contributed by atoms with E-state index in [2.05, 4.69) is 50.2 Å². The number of aliphatic hydroxyl groups is 1. The van der Waals surface area contributed by atoms with Gasteiger partial charge in [0, 0.05) is 0 Å². The lowest BCUT2D eigenvalue weighted by Gasteiger charge is -2.18. The van der Waals surface area contributed by atoms with Crippen molar-refractivity contribution in [3.63, 3.8) is 0 Å². The first-order valence-corrected chi connectivity index (χ1v) is 6.81. The third-order valence-corrected chi connectivity index (χ3v) is 3.46. The average molecular weight is 254 g/mol. The molecule has 0 aromatic heterocycles. The van der Waals surface area contributed by atoms with Crippen LogP contribution in [0.2, 0.25) is 0 Å². The highest BCUT2D eigenvalue weighted by atomic mass is 16.3. The second-order valence-corrected chi connectivity index (χ2v) is 5.92. The average Bonchev–Trinajstić information content (AvgIpc) is 2.38. The van der Waals surface area contributed by atoms with E-state index in [0.29, 0.717) is 5.92 Å². The van der Waals surface area contributed by atoms with Crippen molar-refractivity contribution in [2.45, 2.75) is 39.2 Å². The van der Waals surface area contributed by atoms with E-state index in [4.69, 9.17) is 0 Å². The van der Waals surface area contributed by atoms with Gasteiger partial charge < -0.3 is 5.11 Å². The lowest BCUT2D eigenvalue weighted by molar-refractivity contribution is 0.0786. The van der Waals surface area contributed by atoms with Gasteiger partial charge in [0.25, 0.3) is 0 Å². The molecule has 0 fully saturated rings. The van der Waals surface area contributed by atoms with Crippen molar-refractivity contribution in [2.24, 2.45) is 0 Å². The summed E-state index contributed by atoms with van der Waals surface area (Å²) in [6.07, 6.45) is 0. The lowest BCUT2D eigenvalue weighted by Crippen LogP contribution is -2.15. The SMILES string of the molecule is CC(C)c1cccc(-c2cccc(C(C)(C)O)c2)c1. The van der Waals surface area contributed by atoms with Crippen LogP contribution in [0.5, 0.6) is 0 Å². The van der Waals surface area contributed by atoms with E-state index in [-0.39, 0.29) is 0 Å². The Morgan fingerprint density at radius 2 is 1.47 bits per heavy atom. The van der Waals surface area contributed by atoms with Gasteiger partial charge in [0.05, 0.1) is 5.60 Å². The zero-order valence-electron chi connectivity index (χ0n) is 12.1. The molecule has 0 bridgehead atoms. The molecule has 1 N–H and O–H groups in total. The molecule has 0 aliphatic heterocycles. The first kappa shape index (κ1) is 13.8. The topological polar surface area (TPSA) is 20.2 Å². The van der Waals surface area contributed by atoms with Crippen LogP contribution < -0.4 is 0 Å². The Bertz CT molecular complexity index is 562. The summed E-state index contributed by atoms with van der Waals surface area (Å²) in [5.74, 6) is 0.525. The van der Waals surface area contributed by atoms with Crippen molar-refractivity contribution in [1.82, 2.24) is 0 Å². The molecule has 2 aromatic rings. The van der Waals surface area contributed by atoms with Crippen molar-refractivity contribution in [1.29, 1.82) is 0 Å².